The van der Waals surface area contributed by atoms with Gasteiger partial charge in [0.15, 0.2) is 11.5 Å². The van der Waals surface area contributed by atoms with Crippen LogP contribution in [0.1, 0.15) is 6.42 Å². The maximum absolute atomic E-state index is 11.8. The van der Waals surface area contributed by atoms with Gasteiger partial charge in [-0.15, -0.1) is 0 Å². The van der Waals surface area contributed by atoms with Crippen LogP contribution in [0.4, 0.5) is 5.69 Å². The summed E-state index contributed by atoms with van der Waals surface area (Å²) in [6.07, 6.45) is 0.283. The van der Waals surface area contributed by atoms with Crippen molar-refractivity contribution in [3.05, 3.63) is 18.2 Å². The lowest BCUT2D eigenvalue weighted by molar-refractivity contribution is -0.117. The van der Waals surface area contributed by atoms with Gasteiger partial charge in [0.1, 0.15) is 0 Å². The van der Waals surface area contributed by atoms with Crippen LogP contribution in [-0.2, 0) is 4.79 Å². The van der Waals surface area contributed by atoms with Gasteiger partial charge in [-0.05, 0) is 12.1 Å². The third-order valence-electron chi connectivity index (χ3n) is 2.99. The number of nitriles is 1. The molecule has 0 aromatic heterocycles. The molecule has 1 fully saturated rings. The first-order chi connectivity index (χ1) is 8.69. The highest BCUT2D eigenvalue weighted by atomic mass is 16.5. The van der Waals surface area contributed by atoms with Gasteiger partial charge in [0.2, 0.25) is 5.91 Å². The summed E-state index contributed by atoms with van der Waals surface area (Å²) in [6.45, 7) is 0.435. The third-order valence-corrected chi connectivity index (χ3v) is 2.99. The van der Waals surface area contributed by atoms with Crippen LogP contribution in [0, 0.1) is 17.2 Å². The summed E-state index contributed by atoms with van der Waals surface area (Å²) in [5.74, 6) is 0.923. The Hall–Kier alpha value is -2.22. The van der Waals surface area contributed by atoms with Crippen LogP contribution in [-0.4, -0.2) is 26.7 Å². The van der Waals surface area contributed by atoms with E-state index in [4.69, 9.17) is 14.7 Å². The van der Waals surface area contributed by atoms with E-state index in [9.17, 15) is 4.79 Å². The minimum absolute atomic E-state index is 0.0335. The van der Waals surface area contributed by atoms with E-state index in [2.05, 4.69) is 6.07 Å². The van der Waals surface area contributed by atoms with E-state index >= 15 is 0 Å². The number of carbonyl (C=O) groups excluding carboxylic acids is 1. The van der Waals surface area contributed by atoms with E-state index in [0.29, 0.717) is 18.0 Å². The second-order valence-corrected chi connectivity index (χ2v) is 4.07. The van der Waals surface area contributed by atoms with E-state index in [1.807, 2.05) is 0 Å². The molecule has 0 spiro atoms. The molecule has 5 heteroatoms. The van der Waals surface area contributed by atoms with Gasteiger partial charge in [-0.2, -0.15) is 5.26 Å². The first kappa shape index (κ1) is 12.2. The van der Waals surface area contributed by atoms with Gasteiger partial charge in [0.05, 0.1) is 26.2 Å². The number of hydrogen-bond acceptors (Lipinski definition) is 4. The molecule has 0 bridgehead atoms. The second-order valence-electron chi connectivity index (χ2n) is 4.07. The average Bonchev–Trinajstić information content (AvgIpc) is 2.79. The predicted octanol–water partition coefficient (Wildman–Crippen LogP) is 1.58. The van der Waals surface area contributed by atoms with Crippen molar-refractivity contribution < 1.29 is 14.3 Å². The lowest BCUT2D eigenvalue weighted by Crippen LogP contribution is -2.24. The van der Waals surface area contributed by atoms with Crippen LogP contribution in [0.2, 0.25) is 0 Å². The van der Waals surface area contributed by atoms with E-state index in [1.165, 1.54) is 0 Å². The van der Waals surface area contributed by atoms with Crippen molar-refractivity contribution in [2.45, 2.75) is 6.42 Å². The molecule has 1 atom stereocenters. The Balaban J connectivity index is 2.30. The standard InChI is InChI=1S/C13H14N2O3/c1-17-11-4-3-10(6-12(11)18-2)15-8-9(7-14)5-13(15)16/h3-4,6,9H,5,8H2,1-2H3/t9-/m0/s1. The Bertz CT molecular complexity index is 507. The quantitative estimate of drug-likeness (QED) is 0.812. The lowest BCUT2D eigenvalue weighted by atomic mass is 10.1. The molecule has 1 aromatic rings. The van der Waals surface area contributed by atoms with Crippen LogP contribution in [0.25, 0.3) is 0 Å². The molecule has 2 rings (SSSR count). The van der Waals surface area contributed by atoms with Crippen LogP contribution >= 0.6 is 0 Å². The van der Waals surface area contributed by atoms with Gasteiger partial charge in [-0.25, -0.2) is 0 Å². The van der Waals surface area contributed by atoms with Crippen LogP contribution < -0.4 is 14.4 Å². The molecule has 1 aliphatic heterocycles. The molecule has 0 N–H and O–H groups in total. The topological polar surface area (TPSA) is 62.6 Å². The van der Waals surface area contributed by atoms with Crippen LogP contribution in [0.15, 0.2) is 18.2 Å². The van der Waals surface area contributed by atoms with Crippen molar-refractivity contribution in [2.75, 3.05) is 25.7 Å². The maximum Gasteiger partial charge on any atom is 0.228 e. The normalized spacial score (nSPS) is 18.6. The summed E-state index contributed by atoms with van der Waals surface area (Å²) in [4.78, 5) is 13.4. The predicted molar refractivity (Wildman–Crippen MR) is 65.6 cm³/mol. The zero-order chi connectivity index (χ0) is 13.1. The summed E-state index contributed by atoms with van der Waals surface area (Å²) in [5, 5.41) is 8.86. The zero-order valence-electron chi connectivity index (χ0n) is 10.3. The van der Waals surface area contributed by atoms with E-state index in [1.54, 1.807) is 37.3 Å². The monoisotopic (exact) mass is 246 g/mol. The molecule has 5 nitrogen and oxygen atoms in total. The smallest absolute Gasteiger partial charge is 0.228 e. The number of ether oxygens (including phenoxy) is 2. The molecular formula is C13H14N2O3. The number of amides is 1. The second kappa shape index (κ2) is 4.96. The third kappa shape index (κ3) is 2.09. The molecule has 94 valence electrons. The fraction of sp³-hybridized carbons (Fsp3) is 0.385. The Labute approximate surface area is 106 Å². The molecule has 1 saturated heterocycles. The van der Waals surface area contributed by atoms with Gasteiger partial charge in [-0.1, -0.05) is 0 Å². The molecule has 0 radical (unpaired) electrons. The number of nitrogens with zero attached hydrogens (tertiary/aromatic N) is 2. The van der Waals surface area contributed by atoms with Gasteiger partial charge < -0.3 is 14.4 Å². The Morgan fingerprint density at radius 3 is 2.61 bits per heavy atom. The Morgan fingerprint density at radius 1 is 1.33 bits per heavy atom. The highest BCUT2D eigenvalue weighted by molar-refractivity contribution is 5.96. The number of anilines is 1. The van der Waals surface area contributed by atoms with Crippen LogP contribution in [0.5, 0.6) is 11.5 Å². The first-order valence-corrected chi connectivity index (χ1v) is 5.61. The molecule has 1 heterocycles. The van der Waals surface area contributed by atoms with Crippen molar-refractivity contribution in [3.8, 4) is 17.6 Å². The van der Waals surface area contributed by atoms with Gasteiger partial charge >= 0.3 is 0 Å². The molecule has 18 heavy (non-hydrogen) atoms. The van der Waals surface area contributed by atoms with Crippen LogP contribution in [0.3, 0.4) is 0 Å². The zero-order valence-corrected chi connectivity index (χ0v) is 10.3. The summed E-state index contributed by atoms with van der Waals surface area (Å²) in [6, 6.07) is 7.42. The van der Waals surface area contributed by atoms with E-state index in [-0.39, 0.29) is 18.2 Å². The SMILES string of the molecule is COc1ccc(N2C[C@H](C#N)CC2=O)cc1OC. The summed E-state index contributed by atoms with van der Waals surface area (Å²) < 4.78 is 10.3. The molecule has 0 unspecified atom stereocenters. The number of hydrogen-bond donors (Lipinski definition) is 0. The van der Waals surface area contributed by atoms with Gasteiger partial charge in [0.25, 0.3) is 0 Å². The summed E-state index contributed by atoms with van der Waals surface area (Å²) in [7, 11) is 3.11. The lowest BCUT2D eigenvalue weighted by Gasteiger charge is -2.17. The molecular weight excluding hydrogens is 232 g/mol. The minimum Gasteiger partial charge on any atom is -0.493 e. The van der Waals surface area contributed by atoms with Crippen molar-refractivity contribution in [1.29, 1.82) is 5.26 Å². The van der Waals surface area contributed by atoms with Gasteiger partial charge in [-0.3, -0.25) is 4.79 Å². The van der Waals surface area contributed by atoms with Crippen molar-refractivity contribution in [2.24, 2.45) is 5.92 Å². The number of methoxy groups -OCH3 is 2. The fourth-order valence-electron chi connectivity index (χ4n) is 2.04. The number of benzene rings is 1. The summed E-state index contributed by atoms with van der Waals surface area (Å²) >= 11 is 0. The van der Waals surface area contributed by atoms with E-state index < -0.39 is 0 Å². The highest BCUT2D eigenvalue weighted by Gasteiger charge is 2.30. The van der Waals surface area contributed by atoms with Crippen molar-refractivity contribution in [3.63, 3.8) is 0 Å². The largest absolute Gasteiger partial charge is 0.493 e. The number of carbonyl (C=O) groups is 1. The summed E-state index contributed by atoms with van der Waals surface area (Å²) in [5.41, 5.74) is 0.732. The van der Waals surface area contributed by atoms with Crippen molar-refractivity contribution >= 4 is 11.6 Å². The molecule has 1 aliphatic rings. The van der Waals surface area contributed by atoms with Crippen molar-refractivity contribution in [1.82, 2.24) is 0 Å². The van der Waals surface area contributed by atoms with E-state index in [0.717, 1.165) is 5.69 Å². The minimum atomic E-state index is -0.231. The molecule has 1 amide bonds. The molecule has 1 aromatic carbocycles. The Morgan fingerprint density at radius 2 is 2.06 bits per heavy atom. The highest BCUT2D eigenvalue weighted by Crippen LogP contribution is 2.33. The Kier molecular flexibility index (Phi) is 3.38. The maximum atomic E-state index is 11.8. The average molecular weight is 246 g/mol. The van der Waals surface area contributed by atoms with Gasteiger partial charge in [0, 0.05) is 24.7 Å². The molecule has 0 saturated carbocycles. The fourth-order valence-corrected chi connectivity index (χ4v) is 2.04. The number of rotatable bonds is 3. The molecule has 0 aliphatic carbocycles. The first-order valence-electron chi connectivity index (χ1n) is 5.61.